The van der Waals surface area contributed by atoms with E-state index < -0.39 is 10.8 Å². The maximum atomic E-state index is 12.1. The first-order valence-corrected chi connectivity index (χ1v) is 9.75. The summed E-state index contributed by atoms with van der Waals surface area (Å²) in [6.07, 6.45) is 1.57. The number of rotatable bonds is 5. The average molecular weight is 347 g/mol. The van der Waals surface area contributed by atoms with E-state index in [9.17, 15) is 9.00 Å². The molecule has 0 aliphatic rings. The van der Waals surface area contributed by atoms with E-state index in [1.807, 2.05) is 69.3 Å². The quantitative estimate of drug-likeness (QED) is 0.709. The number of Topliss-reactive ketones (excluding diaryl/α,β-unsaturated/α-hetero) is 1. The van der Waals surface area contributed by atoms with E-state index in [1.165, 1.54) is 12.5 Å². The summed E-state index contributed by atoms with van der Waals surface area (Å²) in [7, 11) is -1.20. The molecule has 0 N–H and O–H groups in total. The Hall–Kier alpha value is -1.74. The lowest BCUT2D eigenvalue weighted by molar-refractivity contribution is -0.116. The second kappa shape index (κ2) is 13.7. The van der Waals surface area contributed by atoms with E-state index in [0.717, 1.165) is 11.3 Å². The van der Waals surface area contributed by atoms with Gasteiger partial charge in [0.2, 0.25) is 0 Å². The number of hydrogen-bond acceptors (Lipinski definition) is 2. The van der Waals surface area contributed by atoms with Gasteiger partial charge in [-0.15, -0.1) is 0 Å². The van der Waals surface area contributed by atoms with Crippen LogP contribution in [0.2, 0.25) is 0 Å². The SMILES string of the molecule is CC.CCCC(C(C)=O)S(=O)c1ccccc1.Cc1ccccc1. The molecule has 24 heavy (non-hydrogen) atoms. The largest absolute Gasteiger partial charge is 0.299 e. The number of carbonyl (C=O) groups excluding carboxylic acids is 1. The predicted octanol–water partition coefficient (Wildman–Crippen LogP) is 5.57. The normalized spacial score (nSPS) is 11.9. The van der Waals surface area contributed by atoms with Crippen molar-refractivity contribution in [2.75, 3.05) is 0 Å². The van der Waals surface area contributed by atoms with Gasteiger partial charge in [0, 0.05) is 4.90 Å². The molecule has 0 heterocycles. The van der Waals surface area contributed by atoms with Crippen LogP contribution in [0.1, 0.15) is 46.1 Å². The van der Waals surface area contributed by atoms with Crippen LogP contribution in [0.15, 0.2) is 65.6 Å². The Labute approximate surface area is 149 Å². The monoisotopic (exact) mass is 346 g/mol. The highest BCUT2D eigenvalue weighted by molar-refractivity contribution is 7.86. The molecule has 2 aromatic rings. The topological polar surface area (TPSA) is 34.1 Å². The lowest BCUT2D eigenvalue weighted by atomic mass is 10.2. The summed E-state index contributed by atoms with van der Waals surface area (Å²) in [4.78, 5) is 12.1. The van der Waals surface area contributed by atoms with Crippen LogP contribution in [0.4, 0.5) is 0 Å². The highest BCUT2D eigenvalue weighted by Gasteiger charge is 2.21. The van der Waals surface area contributed by atoms with Gasteiger partial charge in [-0.3, -0.25) is 9.00 Å². The Morgan fingerprint density at radius 3 is 1.75 bits per heavy atom. The van der Waals surface area contributed by atoms with Crippen molar-refractivity contribution < 1.29 is 9.00 Å². The Balaban J connectivity index is 0.000000488. The summed E-state index contributed by atoms with van der Waals surface area (Å²) < 4.78 is 12.1. The molecule has 2 aromatic carbocycles. The van der Waals surface area contributed by atoms with Crippen molar-refractivity contribution in [2.45, 2.75) is 57.6 Å². The van der Waals surface area contributed by atoms with E-state index in [4.69, 9.17) is 0 Å². The molecule has 0 spiro atoms. The summed E-state index contributed by atoms with van der Waals surface area (Å²) in [5, 5.41) is -0.350. The van der Waals surface area contributed by atoms with Gasteiger partial charge in [-0.25, -0.2) is 0 Å². The molecule has 0 radical (unpaired) electrons. The van der Waals surface area contributed by atoms with Gasteiger partial charge in [0.1, 0.15) is 5.78 Å². The minimum atomic E-state index is -1.20. The van der Waals surface area contributed by atoms with Crippen LogP contribution < -0.4 is 0 Å². The molecule has 0 aliphatic heterocycles. The summed E-state index contributed by atoms with van der Waals surface area (Å²) in [6.45, 7) is 9.60. The van der Waals surface area contributed by atoms with E-state index in [-0.39, 0.29) is 11.0 Å². The molecular weight excluding hydrogens is 316 g/mol. The van der Waals surface area contributed by atoms with Crippen LogP contribution in [-0.2, 0) is 15.6 Å². The minimum Gasteiger partial charge on any atom is -0.299 e. The highest BCUT2D eigenvalue weighted by atomic mass is 32.2. The average Bonchev–Trinajstić information content (AvgIpc) is 2.62. The van der Waals surface area contributed by atoms with Gasteiger partial charge < -0.3 is 0 Å². The third kappa shape index (κ3) is 8.78. The number of carbonyl (C=O) groups is 1. The van der Waals surface area contributed by atoms with Crippen LogP contribution in [-0.4, -0.2) is 15.2 Å². The van der Waals surface area contributed by atoms with Crippen molar-refractivity contribution in [1.29, 1.82) is 0 Å². The second-order valence-corrected chi connectivity index (χ2v) is 6.79. The fourth-order valence-electron chi connectivity index (χ4n) is 1.98. The highest BCUT2D eigenvalue weighted by Crippen LogP contribution is 2.15. The zero-order valence-electron chi connectivity index (χ0n) is 15.5. The van der Waals surface area contributed by atoms with E-state index in [1.54, 1.807) is 0 Å². The van der Waals surface area contributed by atoms with Crippen molar-refractivity contribution in [2.24, 2.45) is 0 Å². The number of benzene rings is 2. The number of hydrogen-bond donors (Lipinski definition) is 0. The molecule has 2 atom stereocenters. The van der Waals surface area contributed by atoms with Gasteiger partial charge >= 0.3 is 0 Å². The van der Waals surface area contributed by atoms with Gasteiger partial charge in [-0.2, -0.15) is 0 Å². The molecule has 0 bridgehead atoms. The molecule has 0 aliphatic carbocycles. The standard InChI is InChI=1S/C12H16O2S.C7H8.C2H6/c1-3-7-12(10(2)13)15(14)11-8-5-4-6-9-11;1-7-5-3-2-4-6-7;1-2/h4-6,8-9,12H,3,7H2,1-2H3;2-6H,1H3;1-2H3. The number of aryl methyl sites for hydroxylation is 1. The zero-order chi connectivity index (χ0) is 18.4. The predicted molar refractivity (Wildman–Crippen MR) is 105 cm³/mol. The smallest absolute Gasteiger partial charge is 0.145 e. The van der Waals surface area contributed by atoms with Gasteiger partial charge in [0.15, 0.2) is 0 Å². The Morgan fingerprint density at radius 2 is 1.42 bits per heavy atom. The van der Waals surface area contributed by atoms with Crippen molar-refractivity contribution in [3.8, 4) is 0 Å². The van der Waals surface area contributed by atoms with Gasteiger partial charge in [0.25, 0.3) is 0 Å². The molecule has 0 saturated heterocycles. The second-order valence-electron chi connectivity index (χ2n) is 5.15. The Kier molecular flexibility index (Phi) is 12.7. The molecule has 132 valence electrons. The third-order valence-corrected chi connectivity index (χ3v) is 5.00. The maximum Gasteiger partial charge on any atom is 0.145 e. The van der Waals surface area contributed by atoms with E-state index in [0.29, 0.717) is 6.42 Å². The summed E-state index contributed by atoms with van der Waals surface area (Å²) in [5.41, 5.74) is 1.32. The van der Waals surface area contributed by atoms with Gasteiger partial charge in [0.05, 0.1) is 16.0 Å². The van der Waals surface area contributed by atoms with Gasteiger partial charge in [-0.1, -0.05) is 81.3 Å². The molecule has 0 fully saturated rings. The molecule has 2 nitrogen and oxygen atoms in total. The van der Waals surface area contributed by atoms with Crippen molar-refractivity contribution in [1.82, 2.24) is 0 Å². The third-order valence-electron chi connectivity index (χ3n) is 3.18. The molecule has 0 saturated carbocycles. The summed E-state index contributed by atoms with van der Waals surface area (Å²) in [5.74, 6) is 0.0130. The van der Waals surface area contributed by atoms with Crippen LogP contribution >= 0.6 is 0 Å². The lowest BCUT2D eigenvalue weighted by Gasteiger charge is -2.12. The minimum absolute atomic E-state index is 0.0130. The Morgan fingerprint density at radius 1 is 0.958 bits per heavy atom. The maximum absolute atomic E-state index is 12.1. The lowest BCUT2D eigenvalue weighted by Crippen LogP contribution is -2.23. The first-order valence-electron chi connectivity index (χ1n) is 8.54. The molecule has 2 rings (SSSR count). The van der Waals surface area contributed by atoms with Crippen molar-refractivity contribution >= 4 is 16.6 Å². The molecule has 3 heteroatoms. The van der Waals surface area contributed by atoms with Crippen LogP contribution in [0.5, 0.6) is 0 Å². The molecule has 2 unspecified atom stereocenters. The fourth-order valence-corrected chi connectivity index (χ4v) is 3.48. The fraction of sp³-hybridized carbons (Fsp3) is 0.381. The van der Waals surface area contributed by atoms with Crippen LogP contribution in [0, 0.1) is 6.92 Å². The van der Waals surface area contributed by atoms with Crippen molar-refractivity contribution in [3.63, 3.8) is 0 Å². The van der Waals surface area contributed by atoms with Crippen LogP contribution in [0.25, 0.3) is 0 Å². The van der Waals surface area contributed by atoms with Crippen LogP contribution in [0.3, 0.4) is 0 Å². The molecule has 0 amide bonds. The first-order chi connectivity index (χ1) is 11.6. The molecule has 0 aromatic heterocycles. The van der Waals surface area contributed by atoms with Gasteiger partial charge in [-0.05, 0) is 32.4 Å². The Bertz CT molecular complexity index is 579. The summed E-state index contributed by atoms with van der Waals surface area (Å²) >= 11 is 0. The van der Waals surface area contributed by atoms with E-state index >= 15 is 0 Å². The van der Waals surface area contributed by atoms with Crippen molar-refractivity contribution in [3.05, 3.63) is 66.2 Å². The zero-order valence-corrected chi connectivity index (χ0v) is 16.3. The van der Waals surface area contributed by atoms with E-state index in [2.05, 4.69) is 19.1 Å². The molecular formula is C21H30O2S. The summed E-state index contributed by atoms with van der Waals surface area (Å²) in [6, 6.07) is 19.4. The first kappa shape index (κ1) is 22.3. The number of ketones is 1.